The second kappa shape index (κ2) is 21.0. The van der Waals surface area contributed by atoms with Crippen molar-refractivity contribution in [1.82, 2.24) is 25.3 Å². The number of aliphatic hydroxyl groups excluding tert-OH is 1. The zero-order chi connectivity index (χ0) is 39.4. The van der Waals surface area contributed by atoms with Gasteiger partial charge in [0.2, 0.25) is 23.6 Å². The van der Waals surface area contributed by atoms with Crippen molar-refractivity contribution in [3.05, 3.63) is 35.9 Å². The first-order valence-corrected chi connectivity index (χ1v) is 19.0. The number of nitrogens with zero attached hydrogens (tertiary/aromatic N) is 3. The largest absolute Gasteiger partial charge is 0.386 e. The number of likely N-dealkylation sites (N-methyl/N-ethyl adjacent to an activating group) is 2. The van der Waals surface area contributed by atoms with Crippen molar-refractivity contribution in [2.24, 2.45) is 23.7 Å². The van der Waals surface area contributed by atoms with Crippen LogP contribution in [0.15, 0.2) is 30.3 Å². The Labute approximate surface area is 313 Å². The smallest absolute Gasteiger partial charge is 0.245 e. The minimum Gasteiger partial charge on any atom is -0.386 e. The Balaban J connectivity index is 2.25. The summed E-state index contributed by atoms with van der Waals surface area (Å²) in [5.41, 5.74) is 0.711. The Hall–Kier alpha value is -3.06. The Morgan fingerprint density at radius 1 is 0.904 bits per heavy atom. The average Bonchev–Trinajstić information content (AvgIpc) is 3.59. The molecular formula is C40H69N5O7. The molecule has 1 aromatic rings. The van der Waals surface area contributed by atoms with Gasteiger partial charge in [-0.3, -0.25) is 24.1 Å². The number of methoxy groups -OCH3 is 2. The monoisotopic (exact) mass is 732 g/mol. The molecule has 0 aromatic heterocycles. The molecule has 1 aliphatic heterocycles. The molecule has 4 amide bonds. The molecule has 0 bridgehead atoms. The van der Waals surface area contributed by atoms with Crippen LogP contribution < -0.4 is 10.6 Å². The highest BCUT2D eigenvalue weighted by Crippen LogP contribution is 2.30. The van der Waals surface area contributed by atoms with E-state index >= 15 is 0 Å². The molecule has 0 saturated carbocycles. The van der Waals surface area contributed by atoms with Gasteiger partial charge in [0.15, 0.2) is 0 Å². The number of likely N-dealkylation sites (tertiary alicyclic amines) is 1. The molecule has 2 rings (SSSR count). The van der Waals surface area contributed by atoms with Crippen molar-refractivity contribution < 1.29 is 33.8 Å². The third-order valence-electron chi connectivity index (χ3n) is 10.9. The minimum atomic E-state index is -0.876. The molecule has 0 radical (unpaired) electrons. The van der Waals surface area contributed by atoms with E-state index in [-0.39, 0.29) is 53.8 Å². The molecule has 0 spiro atoms. The zero-order valence-electron chi connectivity index (χ0n) is 34.1. The van der Waals surface area contributed by atoms with Crippen LogP contribution in [0.1, 0.15) is 92.7 Å². The van der Waals surface area contributed by atoms with Crippen molar-refractivity contribution in [2.75, 3.05) is 41.9 Å². The van der Waals surface area contributed by atoms with Gasteiger partial charge in [-0.25, -0.2) is 0 Å². The predicted octanol–water partition coefficient (Wildman–Crippen LogP) is 3.87. The maximum Gasteiger partial charge on any atom is 0.245 e. The van der Waals surface area contributed by atoms with Gasteiger partial charge < -0.3 is 35.0 Å². The van der Waals surface area contributed by atoms with E-state index in [1.165, 1.54) is 0 Å². The van der Waals surface area contributed by atoms with E-state index < -0.39 is 48.4 Å². The van der Waals surface area contributed by atoms with Gasteiger partial charge in [0.1, 0.15) is 6.04 Å². The molecule has 1 saturated heterocycles. The van der Waals surface area contributed by atoms with Crippen LogP contribution in [0.4, 0.5) is 0 Å². The molecule has 12 nitrogen and oxygen atoms in total. The number of carbonyl (C=O) groups is 4. The number of benzene rings is 1. The van der Waals surface area contributed by atoms with Gasteiger partial charge in [0.05, 0.1) is 54.8 Å². The van der Waals surface area contributed by atoms with Crippen LogP contribution in [0, 0.1) is 23.7 Å². The van der Waals surface area contributed by atoms with E-state index in [0.717, 1.165) is 12.8 Å². The Morgan fingerprint density at radius 2 is 1.52 bits per heavy atom. The lowest BCUT2D eigenvalue weighted by atomic mass is 9.89. The van der Waals surface area contributed by atoms with Crippen LogP contribution in [-0.4, -0.2) is 128 Å². The van der Waals surface area contributed by atoms with Gasteiger partial charge in [0, 0.05) is 27.8 Å². The highest BCUT2D eigenvalue weighted by Gasteiger charge is 2.43. The lowest BCUT2D eigenvalue weighted by molar-refractivity contribution is -0.148. The van der Waals surface area contributed by atoms with Crippen LogP contribution in [0.2, 0.25) is 0 Å². The molecule has 1 fully saturated rings. The highest BCUT2D eigenvalue weighted by atomic mass is 16.5. The summed E-state index contributed by atoms with van der Waals surface area (Å²) in [6, 6.07) is 6.72. The second-order valence-corrected chi connectivity index (χ2v) is 15.6. The quantitative estimate of drug-likeness (QED) is 0.184. The summed E-state index contributed by atoms with van der Waals surface area (Å²) >= 11 is 0. The molecular weight excluding hydrogens is 662 g/mol. The number of hydrogen-bond acceptors (Lipinski definition) is 8. The zero-order valence-corrected chi connectivity index (χ0v) is 34.1. The maximum atomic E-state index is 14.2. The summed E-state index contributed by atoms with van der Waals surface area (Å²) in [5, 5.41) is 16.8. The molecule has 1 unspecified atom stereocenters. The Kier molecular flexibility index (Phi) is 18.2. The Morgan fingerprint density at radius 3 is 2.02 bits per heavy atom. The lowest BCUT2D eigenvalue weighted by Crippen LogP contribution is -2.59. The molecule has 12 heteroatoms. The standard InChI is InChI=1S/C40H69N5O7/c1-14-26(6)35(44(11)40(50)33(24(2)3)42-39(49)34(25(4)5)43(9)10)31(51-12)23-32(46)45-22-18-21-30(45)37(52-13)27(7)38(48)41-28(8)36(47)29-19-16-15-17-20-29/h15-17,19-20,24-28,30-31,33-37,47H,14,18,21-23H2,1-13H3,(H,41,48)(H,42,49)/t26-,27+,28+,30?,31+,33-,34-,35-,36+,37+/m0/s1. The number of hydrogen-bond donors (Lipinski definition) is 3. The number of amides is 4. The third-order valence-corrected chi connectivity index (χ3v) is 10.9. The lowest BCUT2D eigenvalue weighted by Gasteiger charge is -2.41. The summed E-state index contributed by atoms with van der Waals surface area (Å²) in [5.74, 6) is -1.57. The fraction of sp³-hybridized carbons (Fsp3) is 0.750. The first-order chi connectivity index (χ1) is 24.4. The second-order valence-electron chi connectivity index (χ2n) is 15.6. The van der Waals surface area contributed by atoms with Crippen molar-refractivity contribution in [2.45, 2.75) is 130 Å². The molecule has 3 N–H and O–H groups in total. The molecule has 1 heterocycles. The molecule has 52 heavy (non-hydrogen) atoms. The van der Waals surface area contributed by atoms with Gasteiger partial charge in [0.25, 0.3) is 0 Å². The van der Waals surface area contributed by atoms with E-state index in [9.17, 15) is 24.3 Å². The normalized spacial score (nSPS) is 20.1. The topological polar surface area (TPSA) is 141 Å². The van der Waals surface area contributed by atoms with E-state index in [4.69, 9.17) is 9.47 Å². The van der Waals surface area contributed by atoms with E-state index in [2.05, 4.69) is 10.6 Å². The fourth-order valence-corrected chi connectivity index (χ4v) is 7.78. The van der Waals surface area contributed by atoms with Crippen LogP contribution in [-0.2, 0) is 28.7 Å². The van der Waals surface area contributed by atoms with Gasteiger partial charge in [-0.05, 0) is 57.2 Å². The number of ether oxygens (including phenoxy) is 2. The summed E-state index contributed by atoms with van der Waals surface area (Å²) in [7, 11) is 8.57. The molecule has 1 aliphatic rings. The van der Waals surface area contributed by atoms with Gasteiger partial charge in [-0.1, -0.05) is 85.2 Å². The van der Waals surface area contributed by atoms with E-state index in [0.29, 0.717) is 18.5 Å². The minimum absolute atomic E-state index is 0.0153. The Bertz CT molecular complexity index is 1270. The van der Waals surface area contributed by atoms with Crippen molar-refractivity contribution in [3.8, 4) is 0 Å². The van der Waals surface area contributed by atoms with E-state index in [1.807, 2.05) is 90.9 Å². The van der Waals surface area contributed by atoms with Crippen molar-refractivity contribution in [1.29, 1.82) is 0 Å². The fourth-order valence-electron chi connectivity index (χ4n) is 7.78. The molecule has 1 aromatic carbocycles. The number of aliphatic hydroxyl groups is 1. The first-order valence-electron chi connectivity index (χ1n) is 19.0. The SMILES string of the molecule is CC[C@H](C)[C@@H]([C@@H](CC(=O)N1CCCC1[C@H](OC)[C@@H](C)C(=O)N[C@H](C)[C@@H](O)c1ccccc1)OC)N(C)C(=O)[C@@H](NC(=O)[C@H](C(C)C)N(C)C)C(C)C. The third kappa shape index (κ3) is 11.5. The molecule has 296 valence electrons. The van der Waals surface area contributed by atoms with Crippen LogP contribution >= 0.6 is 0 Å². The van der Waals surface area contributed by atoms with Crippen molar-refractivity contribution >= 4 is 23.6 Å². The van der Waals surface area contributed by atoms with Crippen LogP contribution in [0.25, 0.3) is 0 Å². The summed E-state index contributed by atoms with van der Waals surface area (Å²) in [6.07, 6.45) is 0.148. The van der Waals surface area contributed by atoms with Crippen LogP contribution in [0.5, 0.6) is 0 Å². The summed E-state index contributed by atoms with van der Waals surface area (Å²) in [4.78, 5) is 60.6. The predicted molar refractivity (Wildman–Crippen MR) is 204 cm³/mol. The summed E-state index contributed by atoms with van der Waals surface area (Å²) < 4.78 is 11.9. The van der Waals surface area contributed by atoms with Crippen LogP contribution in [0.3, 0.4) is 0 Å². The number of rotatable bonds is 20. The van der Waals surface area contributed by atoms with E-state index in [1.54, 1.807) is 44.9 Å². The van der Waals surface area contributed by atoms with Crippen molar-refractivity contribution in [3.63, 3.8) is 0 Å². The number of nitrogens with one attached hydrogen (secondary N) is 2. The number of carbonyl (C=O) groups excluding carboxylic acids is 4. The molecule has 0 aliphatic carbocycles. The highest BCUT2D eigenvalue weighted by molar-refractivity contribution is 5.90. The van der Waals surface area contributed by atoms with Gasteiger partial charge in [-0.15, -0.1) is 0 Å². The molecule has 10 atom stereocenters. The maximum absolute atomic E-state index is 14.2. The average molecular weight is 732 g/mol. The van der Waals surface area contributed by atoms with Gasteiger partial charge in [-0.2, -0.15) is 0 Å². The van der Waals surface area contributed by atoms with Gasteiger partial charge >= 0.3 is 0 Å². The first kappa shape index (κ1) is 45.1. The summed E-state index contributed by atoms with van der Waals surface area (Å²) in [6.45, 7) is 16.0.